The molecule has 9 nitrogen and oxygen atoms in total. The first-order chi connectivity index (χ1) is 13.5. The van der Waals surface area contributed by atoms with Crippen LogP contribution in [0.5, 0.6) is 0 Å². The van der Waals surface area contributed by atoms with Crippen LogP contribution in [-0.2, 0) is 29.5 Å². The highest BCUT2D eigenvalue weighted by molar-refractivity contribution is 5.86. The Morgan fingerprint density at radius 1 is 1.32 bits per heavy atom. The predicted octanol–water partition coefficient (Wildman–Crippen LogP) is -0.172. The summed E-state index contributed by atoms with van der Waals surface area (Å²) >= 11 is 0. The van der Waals surface area contributed by atoms with Crippen LogP contribution in [0.4, 0.5) is 0 Å². The maximum Gasteiger partial charge on any atom is 0.241 e. The van der Waals surface area contributed by atoms with Crippen LogP contribution >= 0.6 is 0 Å². The summed E-state index contributed by atoms with van der Waals surface area (Å²) in [5, 5.41) is 11.0. The number of aryl methyl sites for hydroxylation is 2. The van der Waals surface area contributed by atoms with Crippen molar-refractivity contribution in [3.8, 4) is 0 Å². The summed E-state index contributed by atoms with van der Waals surface area (Å²) in [6.07, 6.45) is 3.89. The molecule has 0 unspecified atom stereocenters. The smallest absolute Gasteiger partial charge is 0.241 e. The number of carbonyl (C=O) groups is 1. The van der Waals surface area contributed by atoms with Crippen molar-refractivity contribution < 1.29 is 9.53 Å². The summed E-state index contributed by atoms with van der Waals surface area (Å²) in [6.45, 7) is 8.30. The van der Waals surface area contributed by atoms with E-state index in [1.54, 1.807) is 19.0 Å². The van der Waals surface area contributed by atoms with Gasteiger partial charge in [0.1, 0.15) is 0 Å². The molecule has 9 heteroatoms. The van der Waals surface area contributed by atoms with E-state index in [4.69, 9.17) is 4.74 Å². The molecule has 1 aromatic heterocycles. The molecule has 1 fully saturated rings. The van der Waals surface area contributed by atoms with E-state index >= 15 is 0 Å². The van der Waals surface area contributed by atoms with E-state index in [0.717, 1.165) is 63.5 Å². The van der Waals surface area contributed by atoms with Crippen LogP contribution in [0.3, 0.4) is 0 Å². The van der Waals surface area contributed by atoms with E-state index in [2.05, 4.69) is 32.5 Å². The van der Waals surface area contributed by atoms with Gasteiger partial charge < -0.3 is 20.3 Å². The quantitative estimate of drug-likeness (QED) is 0.344. The maximum absolute atomic E-state index is 11.9. The Morgan fingerprint density at radius 3 is 2.75 bits per heavy atom. The molecule has 0 radical (unpaired) electrons. The maximum atomic E-state index is 11.9. The van der Waals surface area contributed by atoms with Gasteiger partial charge in [0.15, 0.2) is 5.96 Å². The minimum Gasteiger partial charge on any atom is -0.379 e. The van der Waals surface area contributed by atoms with Gasteiger partial charge in [-0.1, -0.05) is 6.92 Å². The molecule has 1 saturated heterocycles. The minimum atomic E-state index is 0.0124. The summed E-state index contributed by atoms with van der Waals surface area (Å²) in [6, 6.07) is 0. The number of hydrogen-bond donors (Lipinski definition) is 2. The first-order valence-electron chi connectivity index (χ1n) is 10.0. The third kappa shape index (κ3) is 7.47. The number of aromatic nitrogens is 2. The molecule has 0 bridgehead atoms. The second-order valence-electron chi connectivity index (χ2n) is 7.17. The molecule has 0 spiro atoms. The van der Waals surface area contributed by atoms with Crippen LogP contribution in [0, 0.1) is 0 Å². The van der Waals surface area contributed by atoms with Crippen molar-refractivity contribution in [1.29, 1.82) is 0 Å². The average molecular weight is 394 g/mol. The molecular weight excluding hydrogens is 358 g/mol. The highest BCUT2D eigenvalue weighted by Crippen LogP contribution is 2.08. The first kappa shape index (κ1) is 22.2. The van der Waals surface area contributed by atoms with E-state index < -0.39 is 0 Å². The molecule has 0 aliphatic carbocycles. The zero-order valence-corrected chi connectivity index (χ0v) is 17.7. The lowest BCUT2D eigenvalue weighted by Gasteiger charge is -2.26. The number of guanidine groups is 1. The van der Waals surface area contributed by atoms with E-state index in [-0.39, 0.29) is 12.5 Å². The fraction of sp³-hybridized carbons (Fsp3) is 0.737. The number of carbonyl (C=O) groups excluding carboxylic acids is 1. The lowest BCUT2D eigenvalue weighted by Crippen LogP contribution is -2.44. The number of morpholine rings is 1. The summed E-state index contributed by atoms with van der Waals surface area (Å²) in [5.74, 6) is 0.668. The number of nitrogens with one attached hydrogen (secondary N) is 2. The Hall–Kier alpha value is -2.13. The SMILES string of the molecule is CCc1nn(C)cc1CN=C(NCCCN1CCOCC1)NCC(=O)N(C)C. The molecular formula is C19H35N7O2. The van der Waals surface area contributed by atoms with Gasteiger partial charge in [-0.05, 0) is 19.4 Å². The van der Waals surface area contributed by atoms with E-state index in [1.807, 2.05) is 17.9 Å². The Bertz CT molecular complexity index is 636. The normalized spacial score (nSPS) is 15.5. The van der Waals surface area contributed by atoms with E-state index in [0.29, 0.717) is 12.5 Å². The highest BCUT2D eigenvalue weighted by Gasteiger charge is 2.11. The van der Waals surface area contributed by atoms with E-state index in [1.165, 1.54) is 0 Å². The van der Waals surface area contributed by atoms with Crippen molar-refractivity contribution in [1.82, 2.24) is 30.2 Å². The number of nitrogens with zero attached hydrogens (tertiary/aromatic N) is 5. The van der Waals surface area contributed by atoms with Crippen molar-refractivity contribution in [2.45, 2.75) is 26.3 Å². The average Bonchev–Trinajstić information content (AvgIpc) is 3.06. The van der Waals surface area contributed by atoms with Gasteiger partial charge in [-0.25, -0.2) is 4.99 Å². The summed E-state index contributed by atoms with van der Waals surface area (Å²) in [5.41, 5.74) is 2.17. The molecule has 2 heterocycles. The highest BCUT2D eigenvalue weighted by atomic mass is 16.5. The van der Waals surface area contributed by atoms with Crippen molar-refractivity contribution in [3.63, 3.8) is 0 Å². The van der Waals surface area contributed by atoms with Gasteiger partial charge in [-0.2, -0.15) is 5.10 Å². The minimum absolute atomic E-state index is 0.0124. The molecule has 1 aromatic rings. The van der Waals surface area contributed by atoms with Crippen LogP contribution in [0.2, 0.25) is 0 Å². The van der Waals surface area contributed by atoms with Crippen molar-refractivity contribution in [3.05, 3.63) is 17.5 Å². The number of likely N-dealkylation sites (N-methyl/N-ethyl adjacent to an activating group) is 1. The monoisotopic (exact) mass is 393 g/mol. The van der Waals surface area contributed by atoms with Gasteiger partial charge in [-0.3, -0.25) is 14.4 Å². The van der Waals surface area contributed by atoms with Crippen LogP contribution in [0.25, 0.3) is 0 Å². The number of hydrogen-bond acceptors (Lipinski definition) is 5. The molecule has 1 aliphatic heterocycles. The van der Waals surface area contributed by atoms with Gasteiger partial charge in [0.25, 0.3) is 0 Å². The number of amides is 1. The number of aliphatic imine (C=N–C) groups is 1. The van der Waals surface area contributed by atoms with E-state index in [9.17, 15) is 4.79 Å². The summed E-state index contributed by atoms with van der Waals surface area (Å²) < 4.78 is 7.20. The second kappa shape index (κ2) is 11.7. The fourth-order valence-corrected chi connectivity index (χ4v) is 3.00. The molecule has 2 N–H and O–H groups in total. The largest absolute Gasteiger partial charge is 0.379 e. The third-order valence-corrected chi connectivity index (χ3v) is 4.69. The standard InChI is InChI=1S/C19H35N7O2/c1-5-17-16(15-25(4)23-17)13-21-19(22-14-18(27)24(2)3)20-7-6-8-26-9-11-28-12-10-26/h15H,5-14H2,1-4H3,(H2,20,21,22). The summed E-state index contributed by atoms with van der Waals surface area (Å²) in [7, 11) is 5.42. The summed E-state index contributed by atoms with van der Waals surface area (Å²) in [4.78, 5) is 20.6. The molecule has 28 heavy (non-hydrogen) atoms. The Labute approximate surface area is 168 Å². The molecule has 2 rings (SSSR count). The first-order valence-corrected chi connectivity index (χ1v) is 10.0. The van der Waals surface area contributed by atoms with Gasteiger partial charge in [0.05, 0.1) is 32.0 Å². The van der Waals surface area contributed by atoms with Crippen LogP contribution in [-0.4, -0.2) is 91.5 Å². The fourth-order valence-electron chi connectivity index (χ4n) is 3.00. The molecule has 0 saturated carbocycles. The molecule has 158 valence electrons. The predicted molar refractivity (Wildman–Crippen MR) is 110 cm³/mol. The zero-order chi connectivity index (χ0) is 20.4. The van der Waals surface area contributed by atoms with Crippen molar-refractivity contribution >= 4 is 11.9 Å². The van der Waals surface area contributed by atoms with Gasteiger partial charge >= 0.3 is 0 Å². The van der Waals surface area contributed by atoms with Crippen LogP contribution in [0.1, 0.15) is 24.6 Å². The Kier molecular flexibility index (Phi) is 9.22. The lowest BCUT2D eigenvalue weighted by molar-refractivity contribution is -0.127. The van der Waals surface area contributed by atoms with Crippen LogP contribution in [0.15, 0.2) is 11.2 Å². The Balaban J connectivity index is 1.88. The van der Waals surface area contributed by atoms with Gasteiger partial charge in [0, 0.05) is 52.5 Å². The topological polar surface area (TPSA) is 87.0 Å². The van der Waals surface area contributed by atoms with Gasteiger partial charge in [-0.15, -0.1) is 0 Å². The van der Waals surface area contributed by atoms with Gasteiger partial charge in [0.2, 0.25) is 5.91 Å². The third-order valence-electron chi connectivity index (χ3n) is 4.69. The number of rotatable bonds is 9. The number of ether oxygens (including phenoxy) is 1. The molecule has 0 aromatic carbocycles. The molecule has 1 amide bonds. The molecule has 0 atom stereocenters. The lowest BCUT2D eigenvalue weighted by atomic mass is 10.2. The molecule has 1 aliphatic rings. The van der Waals surface area contributed by atoms with Crippen molar-refractivity contribution in [2.75, 3.05) is 60.0 Å². The second-order valence-corrected chi connectivity index (χ2v) is 7.17. The Morgan fingerprint density at radius 2 is 2.07 bits per heavy atom. The van der Waals surface area contributed by atoms with Crippen molar-refractivity contribution in [2.24, 2.45) is 12.0 Å². The van der Waals surface area contributed by atoms with Crippen LogP contribution < -0.4 is 10.6 Å². The zero-order valence-electron chi connectivity index (χ0n) is 17.7.